The third-order valence-corrected chi connectivity index (χ3v) is 6.58. The van der Waals surface area contributed by atoms with Gasteiger partial charge in [-0.1, -0.05) is 37.6 Å². The highest BCUT2D eigenvalue weighted by atomic mass is 35.5. The molecule has 2 rings (SSSR count). The van der Waals surface area contributed by atoms with E-state index in [1.54, 1.807) is 38.1 Å². The average Bonchev–Trinajstić information content (AvgIpc) is 2.62. The van der Waals surface area contributed by atoms with Crippen LogP contribution in [0.2, 0.25) is 5.02 Å². The number of rotatable bonds is 7. The van der Waals surface area contributed by atoms with Gasteiger partial charge >= 0.3 is 0 Å². The summed E-state index contributed by atoms with van der Waals surface area (Å²) in [6.45, 7) is 5.48. The van der Waals surface area contributed by atoms with Crippen molar-refractivity contribution >= 4 is 39.0 Å². The highest BCUT2D eigenvalue weighted by Gasteiger charge is 2.25. The first-order valence-corrected chi connectivity index (χ1v) is 10.2. The summed E-state index contributed by atoms with van der Waals surface area (Å²) in [6.07, 6.45) is 0. The molecular formula is C19H21ClN2O4S. The highest BCUT2D eigenvalue weighted by Crippen LogP contribution is 2.26. The van der Waals surface area contributed by atoms with Crippen LogP contribution in [0.4, 0.5) is 5.69 Å². The number of anilines is 1. The summed E-state index contributed by atoms with van der Waals surface area (Å²) in [5.41, 5.74) is 1.06. The largest absolute Gasteiger partial charge is 0.322 e. The molecule has 0 saturated heterocycles. The van der Waals surface area contributed by atoms with E-state index in [1.165, 1.54) is 29.4 Å². The molecule has 6 nitrogen and oxygen atoms in total. The number of ketones is 1. The number of nitrogens with one attached hydrogen (secondary N) is 1. The van der Waals surface area contributed by atoms with Crippen LogP contribution in [0.1, 0.15) is 41.5 Å². The molecule has 144 valence electrons. The molecule has 0 heterocycles. The first-order chi connectivity index (χ1) is 12.7. The van der Waals surface area contributed by atoms with Gasteiger partial charge in [-0.15, -0.1) is 0 Å². The minimum absolute atomic E-state index is 0.0528. The van der Waals surface area contributed by atoms with Gasteiger partial charge in [0.05, 0.1) is 5.02 Å². The van der Waals surface area contributed by atoms with Crippen molar-refractivity contribution in [2.45, 2.75) is 25.7 Å². The van der Waals surface area contributed by atoms with Gasteiger partial charge in [0.25, 0.3) is 5.91 Å². The molecule has 0 aromatic heterocycles. The normalized spacial score (nSPS) is 11.4. The van der Waals surface area contributed by atoms with E-state index in [0.717, 1.165) is 0 Å². The van der Waals surface area contributed by atoms with E-state index in [4.69, 9.17) is 11.6 Å². The number of carbonyl (C=O) groups excluding carboxylic acids is 2. The second-order valence-electron chi connectivity index (χ2n) is 5.83. The third kappa shape index (κ3) is 4.74. The zero-order valence-electron chi connectivity index (χ0n) is 15.3. The maximum absolute atomic E-state index is 12.7. The summed E-state index contributed by atoms with van der Waals surface area (Å²) in [6, 6.07) is 10.6. The van der Waals surface area contributed by atoms with Gasteiger partial charge < -0.3 is 5.32 Å². The van der Waals surface area contributed by atoms with Crippen molar-refractivity contribution in [3.63, 3.8) is 0 Å². The van der Waals surface area contributed by atoms with Gasteiger partial charge in [0.1, 0.15) is 4.90 Å². The van der Waals surface area contributed by atoms with Crippen LogP contribution >= 0.6 is 11.6 Å². The molecule has 2 aromatic rings. The Balaban J connectivity index is 2.36. The lowest BCUT2D eigenvalue weighted by molar-refractivity contribution is 0.101. The minimum Gasteiger partial charge on any atom is -0.322 e. The molecule has 0 aliphatic rings. The molecule has 2 aromatic carbocycles. The fourth-order valence-electron chi connectivity index (χ4n) is 2.56. The van der Waals surface area contributed by atoms with Crippen molar-refractivity contribution in [2.75, 3.05) is 18.4 Å². The Bertz CT molecular complexity index is 969. The third-order valence-electron chi connectivity index (χ3n) is 4.04. The van der Waals surface area contributed by atoms with Crippen molar-refractivity contribution in [2.24, 2.45) is 0 Å². The summed E-state index contributed by atoms with van der Waals surface area (Å²) in [4.78, 5) is 23.9. The Morgan fingerprint density at radius 1 is 1.04 bits per heavy atom. The Morgan fingerprint density at radius 2 is 1.70 bits per heavy atom. The minimum atomic E-state index is -3.80. The predicted octanol–water partition coefficient (Wildman–Crippen LogP) is 3.83. The smallest absolute Gasteiger partial charge is 0.255 e. The second-order valence-corrected chi connectivity index (χ2v) is 8.14. The Kier molecular flexibility index (Phi) is 6.75. The lowest BCUT2D eigenvalue weighted by Crippen LogP contribution is -2.31. The number of nitrogens with zero attached hydrogens (tertiary/aromatic N) is 1. The maximum atomic E-state index is 12.7. The molecule has 0 radical (unpaired) electrons. The fraction of sp³-hybridized carbons (Fsp3) is 0.263. The average molecular weight is 409 g/mol. The summed E-state index contributed by atoms with van der Waals surface area (Å²) >= 11 is 6.08. The Hall–Kier alpha value is -2.22. The van der Waals surface area contributed by atoms with Crippen molar-refractivity contribution in [1.29, 1.82) is 0 Å². The summed E-state index contributed by atoms with van der Waals surface area (Å²) < 4.78 is 26.8. The number of amides is 1. The standard InChI is InChI=1S/C19H21ClN2O4S/c1-4-22(5-2)27(25,26)18-12-15(9-10-17(18)20)19(24)21-16-8-6-7-14(11-16)13(3)23/h6-12H,4-5H2,1-3H3,(H,21,24). The number of benzene rings is 2. The van der Waals surface area contributed by atoms with Crippen molar-refractivity contribution in [3.8, 4) is 0 Å². The van der Waals surface area contributed by atoms with Crippen LogP contribution in [-0.4, -0.2) is 37.5 Å². The molecule has 0 unspecified atom stereocenters. The molecule has 0 bridgehead atoms. The Morgan fingerprint density at radius 3 is 2.30 bits per heavy atom. The number of hydrogen-bond acceptors (Lipinski definition) is 4. The van der Waals surface area contributed by atoms with E-state index in [9.17, 15) is 18.0 Å². The first-order valence-electron chi connectivity index (χ1n) is 8.42. The molecule has 0 atom stereocenters. The number of Topliss-reactive ketones (excluding diaryl/α,β-unsaturated/α-hetero) is 1. The van der Waals surface area contributed by atoms with Crippen LogP contribution in [0, 0.1) is 0 Å². The van der Waals surface area contributed by atoms with Crippen molar-refractivity contribution < 1.29 is 18.0 Å². The Labute approximate surface area is 164 Å². The number of halogens is 1. The first kappa shape index (κ1) is 21.1. The van der Waals surface area contributed by atoms with Gasteiger partial charge in [0.15, 0.2) is 5.78 Å². The topological polar surface area (TPSA) is 83.6 Å². The molecule has 0 spiro atoms. The van der Waals surface area contributed by atoms with Gasteiger partial charge in [-0.25, -0.2) is 8.42 Å². The molecule has 1 amide bonds. The second kappa shape index (κ2) is 8.65. The van der Waals surface area contributed by atoms with E-state index in [1.807, 2.05) is 0 Å². The van der Waals surface area contributed by atoms with Crippen molar-refractivity contribution in [3.05, 3.63) is 58.6 Å². The van der Waals surface area contributed by atoms with Crippen LogP contribution in [0.3, 0.4) is 0 Å². The molecule has 1 N–H and O–H groups in total. The lowest BCUT2D eigenvalue weighted by Gasteiger charge is -2.19. The van der Waals surface area contributed by atoms with Gasteiger partial charge in [0, 0.05) is 29.9 Å². The maximum Gasteiger partial charge on any atom is 0.255 e. The van der Waals surface area contributed by atoms with Crippen LogP contribution in [0.25, 0.3) is 0 Å². The van der Waals surface area contributed by atoms with Crippen molar-refractivity contribution in [1.82, 2.24) is 4.31 Å². The van der Waals surface area contributed by atoms with E-state index < -0.39 is 15.9 Å². The highest BCUT2D eigenvalue weighted by molar-refractivity contribution is 7.89. The summed E-state index contributed by atoms with van der Waals surface area (Å²) in [5.74, 6) is -0.617. The molecule has 0 fully saturated rings. The predicted molar refractivity (Wildman–Crippen MR) is 106 cm³/mol. The van der Waals surface area contributed by atoms with Crippen LogP contribution < -0.4 is 5.32 Å². The summed E-state index contributed by atoms with van der Waals surface area (Å²) in [7, 11) is -3.80. The van der Waals surface area contributed by atoms with Crippen LogP contribution in [0.5, 0.6) is 0 Å². The number of sulfonamides is 1. The summed E-state index contributed by atoms with van der Waals surface area (Å²) in [5, 5.41) is 2.72. The van der Waals surface area contributed by atoms with E-state index >= 15 is 0 Å². The van der Waals surface area contributed by atoms with Crippen LogP contribution in [-0.2, 0) is 10.0 Å². The number of carbonyl (C=O) groups is 2. The zero-order chi connectivity index (χ0) is 20.2. The molecule has 0 saturated carbocycles. The monoisotopic (exact) mass is 408 g/mol. The fourth-order valence-corrected chi connectivity index (χ4v) is 4.52. The molecular weight excluding hydrogens is 388 g/mol. The molecule has 0 aliphatic carbocycles. The van der Waals surface area contributed by atoms with E-state index in [0.29, 0.717) is 24.3 Å². The van der Waals surface area contributed by atoms with Gasteiger partial charge in [-0.2, -0.15) is 4.31 Å². The quantitative estimate of drug-likeness (QED) is 0.706. The SMILES string of the molecule is CCN(CC)S(=O)(=O)c1cc(C(=O)Nc2cccc(C(C)=O)c2)ccc1Cl. The molecule has 27 heavy (non-hydrogen) atoms. The van der Waals surface area contributed by atoms with E-state index in [2.05, 4.69) is 5.32 Å². The van der Waals surface area contributed by atoms with Gasteiger partial charge in [0.2, 0.25) is 10.0 Å². The lowest BCUT2D eigenvalue weighted by atomic mass is 10.1. The number of hydrogen-bond donors (Lipinski definition) is 1. The van der Waals surface area contributed by atoms with Crippen LogP contribution in [0.15, 0.2) is 47.4 Å². The molecule has 8 heteroatoms. The molecule has 0 aliphatic heterocycles. The zero-order valence-corrected chi connectivity index (χ0v) is 16.9. The van der Waals surface area contributed by atoms with E-state index in [-0.39, 0.29) is 21.3 Å². The van der Waals surface area contributed by atoms with Gasteiger partial charge in [-0.3, -0.25) is 9.59 Å². The van der Waals surface area contributed by atoms with Gasteiger partial charge in [-0.05, 0) is 37.3 Å².